The van der Waals surface area contributed by atoms with Crippen molar-refractivity contribution in [3.05, 3.63) is 64.0 Å². The van der Waals surface area contributed by atoms with Gasteiger partial charge in [-0.25, -0.2) is 4.98 Å². The number of aromatic nitrogens is 1. The molecule has 3 heterocycles. The van der Waals surface area contributed by atoms with Crippen LogP contribution < -0.4 is 15.0 Å². The first-order valence-corrected chi connectivity index (χ1v) is 15.7. The van der Waals surface area contributed by atoms with E-state index in [0.29, 0.717) is 6.61 Å². The summed E-state index contributed by atoms with van der Waals surface area (Å²) in [5.41, 5.74) is 6.73. The van der Waals surface area contributed by atoms with E-state index < -0.39 is 0 Å². The number of benzene rings is 2. The number of ether oxygens (including phenoxy) is 1. The van der Waals surface area contributed by atoms with Gasteiger partial charge in [-0.2, -0.15) is 0 Å². The van der Waals surface area contributed by atoms with Crippen LogP contribution in [0.4, 0.5) is 5.13 Å². The van der Waals surface area contributed by atoms with Gasteiger partial charge < -0.3 is 24.9 Å². The second-order valence-electron chi connectivity index (χ2n) is 11.1. The fourth-order valence-electron chi connectivity index (χ4n) is 5.79. The van der Waals surface area contributed by atoms with Gasteiger partial charge in [0.25, 0.3) is 0 Å². The number of aliphatic hydroxyl groups excluding tert-OH is 1. The van der Waals surface area contributed by atoms with Gasteiger partial charge in [0.15, 0.2) is 5.13 Å². The van der Waals surface area contributed by atoms with Crippen LogP contribution in [0.15, 0.2) is 41.8 Å². The minimum atomic E-state index is 0.144. The first kappa shape index (κ1) is 31.7. The van der Waals surface area contributed by atoms with Gasteiger partial charge in [-0.1, -0.05) is 30.3 Å². The maximum Gasteiger partial charge on any atom is 0.222 e. The number of hydrogen-bond donors (Lipinski definition) is 2. The maximum absolute atomic E-state index is 11.9. The van der Waals surface area contributed by atoms with E-state index in [9.17, 15) is 9.59 Å². The number of aryl methyl sites for hydroxylation is 2. The highest BCUT2D eigenvalue weighted by Gasteiger charge is 2.24. The van der Waals surface area contributed by atoms with Crippen LogP contribution in [0.5, 0.6) is 5.75 Å². The molecule has 1 amide bonds. The van der Waals surface area contributed by atoms with E-state index in [4.69, 9.17) is 14.8 Å². The molecule has 2 aliphatic heterocycles. The number of aliphatic hydroxyl groups is 1. The summed E-state index contributed by atoms with van der Waals surface area (Å²) in [5.74, 6) is 1.37. The number of nitrogens with one attached hydrogen (secondary N) is 1. The van der Waals surface area contributed by atoms with Crippen molar-refractivity contribution in [2.45, 2.75) is 52.7 Å². The number of para-hydroxylation sites is 1. The average Bonchev–Trinajstić information content (AvgIpc) is 3.52. The SMILES string of the molecule is CNC(=O)C1CCN(Cc2ccc(COc3c(C)cccc3-c3csc(N4CCC(C=O)CC4)n3)c(C)c2)CC1.CO. The molecule has 2 aliphatic rings. The van der Waals surface area contributed by atoms with Crippen LogP contribution in [0.1, 0.15) is 47.9 Å². The number of thiazole rings is 1. The lowest BCUT2D eigenvalue weighted by molar-refractivity contribution is -0.126. The Labute approximate surface area is 253 Å². The predicted octanol–water partition coefficient (Wildman–Crippen LogP) is 4.99. The third-order valence-electron chi connectivity index (χ3n) is 8.37. The van der Waals surface area contributed by atoms with Crippen molar-refractivity contribution in [2.75, 3.05) is 45.2 Å². The van der Waals surface area contributed by atoms with Crippen molar-refractivity contribution in [3.8, 4) is 17.0 Å². The van der Waals surface area contributed by atoms with Crippen LogP contribution in [0.25, 0.3) is 11.3 Å². The smallest absolute Gasteiger partial charge is 0.222 e. The summed E-state index contributed by atoms with van der Waals surface area (Å²) in [7, 11) is 2.72. The number of amides is 1. The standard InChI is InChI=1S/C32H40N4O3S.CH4O/c1-22-5-4-6-28(29-21-40-32(34-29)36-15-9-24(19-37)10-16-36)30(22)39-20-27-8-7-25(17-23(27)2)18-35-13-11-26(12-14-35)31(38)33-3;1-2/h4-8,17,19,21,24,26H,9-16,18,20H2,1-3H3,(H,33,38);2H,1H3. The molecule has 9 heteroatoms. The molecule has 3 aromatic rings. The van der Waals surface area contributed by atoms with Gasteiger partial charge in [-0.15, -0.1) is 11.3 Å². The number of aldehydes is 1. The third kappa shape index (κ3) is 7.76. The lowest BCUT2D eigenvalue weighted by atomic mass is 9.95. The second-order valence-corrected chi connectivity index (χ2v) is 12.0. The van der Waals surface area contributed by atoms with Crippen LogP contribution in [0, 0.1) is 25.7 Å². The zero-order valence-corrected chi connectivity index (χ0v) is 26.1. The number of carbonyl (C=O) groups excluding carboxylic acids is 2. The van der Waals surface area contributed by atoms with Crippen molar-refractivity contribution in [3.63, 3.8) is 0 Å². The molecule has 1 aromatic heterocycles. The van der Waals surface area contributed by atoms with E-state index in [1.165, 1.54) is 16.7 Å². The summed E-state index contributed by atoms with van der Waals surface area (Å²) < 4.78 is 6.47. The Morgan fingerprint density at radius 2 is 1.81 bits per heavy atom. The van der Waals surface area contributed by atoms with Gasteiger partial charge in [0.1, 0.15) is 18.6 Å². The zero-order valence-electron chi connectivity index (χ0n) is 25.3. The lowest BCUT2D eigenvalue weighted by Crippen LogP contribution is -2.39. The maximum atomic E-state index is 11.9. The third-order valence-corrected chi connectivity index (χ3v) is 9.27. The molecule has 5 rings (SSSR count). The van der Waals surface area contributed by atoms with Crippen LogP contribution in [-0.4, -0.2) is 67.5 Å². The van der Waals surface area contributed by atoms with Gasteiger partial charge in [-0.3, -0.25) is 9.69 Å². The highest BCUT2D eigenvalue weighted by Crippen LogP contribution is 2.37. The van der Waals surface area contributed by atoms with E-state index in [0.717, 1.165) is 99.5 Å². The monoisotopic (exact) mass is 592 g/mol. The number of likely N-dealkylation sites (tertiary alicyclic amines) is 1. The molecule has 0 bridgehead atoms. The summed E-state index contributed by atoms with van der Waals surface area (Å²) in [6.07, 6.45) is 4.72. The molecule has 2 fully saturated rings. The van der Waals surface area contributed by atoms with E-state index >= 15 is 0 Å². The topological polar surface area (TPSA) is 95.0 Å². The largest absolute Gasteiger partial charge is 0.488 e. The number of piperidine rings is 2. The normalized spacial score (nSPS) is 16.5. The van der Waals surface area contributed by atoms with Crippen LogP contribution >= 0.6 is 11.3 Å². The summed E-state index contributed by atoms with van der Waals surface area (Å²) in [5, 5.41) is 12.9. The average molecular weight is 593 g/mol. The Morgan fingerprint density at radius 1 is 1.07 bits per heavy atom. The van der Waals surface area contributed by atoms with Gasteiger partial charge >= 0.3 is 0 Å². The molecule has 0 aliphatic carbocycles. The number of carbonyl (C=O) groups is 2. The predicted molar refractivity (Wildman–Crippen MR) is 169 cm³/mol. The minimum absolute atomic E-state index is 0.144. The summed E-state index contributed by atoms with van der Waals surface area (Å²) in [6, 6.07) is 12.9. The molecule has 226 valence electrons. The second kappa shape index (κ2) is 15.3. The van der Waals surface area contributed by atoms with Gasteiger partial charge in [0.05, 0.1) is 5.69 Å². The molecule has 42 heavy (non-hydrogen) atoms. The van der Waals surface area contributed by atoms with Gasteiger partial charge in [0.2, 0.25) is 5.91 Å². The van der Waals surface area contributed by atoms with E-state index in [1.54, 1.807) is 18.4 Å². The molecule has 0 atom stereocenters. The number of anilines is 1. The zero-order chi connectivity index (χ0) is 30.1. The van der Waals surface area contributed by atoms with Crippen molar-refractivity contribution in [1.29, 1.82) is 0 Å². The van der Waals surface area contributed by atoms with E-state index in [-0.39, 0.29) is 17.7 Å². The molecule has 0 radical (unpaired) electrons. The van der Waals surface area contributed by atoms with Crippen molar-refractivity contribution in [2.24, 2.45) is 11.8 Å². The first-order chi connectivity index (χ1) is 20.4. The van der Waals surface area contributed by atoms with E-state index in [2.05, 4.69) is 70.7 Å². The minimum Gasteiger partial charge on any atom is -0.488 e. The van der Waals surface area contributed by atoms with Crippen molar-refractivity contribution < 1.29 is 19.4 Å². The molecular weight excluding hydrogens is 548 g/mol. The molecule has 8 nitrogen and oxygen atoms in total. The molecule has 2 N–H and O–H groups in total. The van der Waals surface area contributed by atoms with Gasteiger partial charge in [0, 0.05) is 56.6 Å². The van der Waals surface area contributed by atoms with Crippen molar-refractivity contribution in [1.82, 2.24) is 15.2 Å². The van der Waals surface area contributed by atoms with E-state index in [1.807, 2.05) is 0 Å². The first-order valence-electron chi connectivity index (χ1n) is 14.8. The van der Waals surface area contributed by atoms with Crippen LogP contribution in [0.2, 0.25) is 0 Å². The fraction of sp³-hybridized carbons (Fsp3) is 0.485. The molecule has 2 aromatic carbocycles. The molecular formula is C33H44N4O4S. The quantitative estimate of drug-likeness (QED) is 0.338. The molecule has 2 saturated heterocycles. The highest BCUT2D eigenvalue weighted by atomic mass is 32.1. The number of nitrogens with zero attached hydrogens (tertiary/aromatic N) is 3. The Hall–Kier alpha value is -3.27. The Kier molecular flexibility index (Phi) is 11.5. The Morgan fingerprint density at radius 3 is 2.48 bits per heavy atom. The van der Waals surface area contributed by atoms with Gasteiger partial charge in [-0.05, 0) is 80.9 Å². The fourth-order valence-corrected chi connectivity index (χ4v) is 6.67. The Balaban J connectivity index is 0.00000198. The van der Waals surface area contributed by atoms with Crippen LogP contribution in [-0.2, 0) is 22.7 Å². The van der Waals surface area contributed by atoms with Crippen LogP contribution in [0.3, 0.4) is 0 Å². The summed E-state index contributed by atoms with van der Waals surface area (Å²) in [6.45, 7) is 9.29. The number of hydrogen-bond acceptors (Lipinski definition) is 8. The van der Waals surface area contributed by atoms with Crippen molar-refractivity contribution >= 4 is 28.7 Å². The Bertz CT molecular complexity index is 1330. The summed E-state index contributed by atoms with van der Waals surface area (Å²) in [4.78, 5) is 32.8. The highest BCUT2D eigenvalue weighted by molar-refractivity contribution is 7.14. The number of rotatable bonds is 9. The summed E-state index contributed by atoms with van der Waals surface area (Å²) >= 11 is 1.66. The molecule has 0 saturated carbocycles. The molecule has 0 spiro atoms. The lowest BCUT2D eigenvalue weighted by Gasteiger charge is -2.31. The molecule has 0 unspecified atom stereocenters.